The Bertz CT molecular complexity index is 1470. The SMILES string of the molecule is CC(C)C[C@@H]1NC(=O)[C@H](CCCCN)NC(=O)[C@H](CCCCN)NC(=O)[C@@H](N)Cc2ccc(O)c(c2)-c2ccc(cc2)C[C@@H](C(N)=O)NC1=O. The van der Waals surface area contributed by atoms with Gasteiger partial charge in [-0.2, -0.15) is 0 Å². The molecule has 2 aromatic rings. The molecule has 4 rings (SSSR count). The van der Waals surface area contributed by atoms with Crippen LogP contribution in [0.4, 0.5) is 0 Å². The zero-order valence-corrected chi connectivity index (χ0v) is 29.1. The summed E-state index contributed by atoms with van der Waals surface area (Å²) >= 11 is 0. The monoisotopic (exact) mass is 694 g/mol. The van der Waals surface area contributed by atoms with Gasteiger partial charge in [0.1, 0.15) is 29.9 Å². The van der Waals surface area contributed by atoms with Crippen molar-refractivity contribution in [2.75, 3.05) is 13.1 Å². The molecule has 5 amide bonds. The van der Waals surface area contributed by atoms with Crippen molar-refractivity contribution < 1.29 is 29.1 Å². The molecule has 274 valence electrons. The number of nitrogens with one attached hydrogen (secondary N) is 4. The van der Waals surface area contributed by atoms with Crippen LogP contribution in [-0.2, 0) is 36.8 Å². The molecule has 0 fully saturated rings. The van der Waals surface area contributed by atoms with Crippen LogP contribution < -0.4 is 44.2 Å². The fraction of sp³-hybridized carbons (Fsp3) is 0.528. The molecule has 0 aromatic heterocycles. The minimum atomic E-state index is -1.08. The molecular weight excluding hydrogens is 640 g/mol. The van der Waals surface area contributed by atoms with Gasteiger partial charge in [0.2, 0.25) is 29.5 Å². The molecule has 0 spiro atoms. The van der Waals surface area contributed by atoms with E-state index in [0.29, 0.717) is 61.0 Å². The molecule has 5 atom stereocenters. The number of nitrogens with two attached hydrogens (primary N) is 4. The molecule has 2 aliphatic rings. The Kier molecular flexibility index (Phi) is 15.6. The molecule has 2 aliphatic heterocycles. The lowest BCUT2D eigenvalue weighted by Gasteiger charge is -2.27. The first-order chi connectivity index (χ1) is 23.8. The van der Waals surface area contributed by atoms with Crippen LogP contribution >= 0.6 is 0 Å². The predicted molar refractivity (Wildman–Crippen MR) is 191 cm³/mol. The number of carbonyl (C=O) groups excluding carboxylic acids is 5. The second kappa shape index (κ2) is 19.6. The van der Waals surface area contributed by atoms with Gasteiger partial charge in [0.25, 0.3) is 0 Å². The molecular formula is C36H54N8O6. The van der Waals surface area contributed by atoms with Crippen molar-refractivity contribution in [2.24, 2.45) is 28.9 Å². The summed E-state index contributed by atoms with van der Waals surface area (Å²) in [6.45, 7) is 4.56. The van der Waals surface area contributed by atoms with Crippen molar-refractivity contribution in [3.63, 3.8) is 0 Å². The van der Waals surface area contributed by atoms with Gasteiger partial charge in [-0.05, 0) is 99.2 Å². The molecule has 14 heteroatoms. The van der Waals surface area contributed by atoms with Crippen molar-refractivity contribution in [2.45, 2.75) is 102 Å². The third kappa shape index (κ3) is 12.1. The lowest BCUT2D eigenvalue weighted by molar-refractivity contribution is -0.135. The molecule has 50 heavy (non-hydrogen) atoms. The molecule has 0 unspecified atom stereocenters. The Morgan fingerprint density at radius 3 is 1.80 bits per heavy atom. The number of fused-ring (bicyclic) bond motifs is 16. The smallest absolute Gasteiger partial charge is 0.243 e. The molecule has 2 aromatic carbocycles. The van der Waals surface area contributed by atoms with Crippen molar-refractivity contribution in [3.8, 4) is 16.9 Å². The van der Waals surface area contributed by atoms with Crippen LogP contribution in [0.15, 0.2) is 42.5 Å². The number of carbonyl (C=O) groups is 5. The normalized spacial score (nSPS) is 22.5. The molecule has 2 heterocycles. The zero-order chi connectivity index (χ0) is 36.8. The van der Waals surface area contributed by atoms with Gasteiger partial charge in [0, 0.05) is 12.0 Å². The number of primary amides is 1. The quantitative estimate of drug-likeness (QED) is 0.115. The number of amides is 5. The molecule has 14 nitrogen and oxygen atoms in total. The van der Waals surface area contributed by atoms with Gasteiger partial charge in [0.15, 0.2) is 0 Å². The number of rotatable bonds is 11. The summed E-state index contributed by atoms with van der Waals surface area (Å²) in [6, 6.07) is 6.80. The highest BCUT2D eigenvalue weighted by Gasteiger charge is 2.32. The van der Waals surface area contributed by atoms with Crippen LogP contribution in [-0.4, -0.2) is 77.9 Å². The van der Waals surface area contributed by atoms with Gasteiger partial charge in [-0.25, -0.2) is 0 Å². The Morgan fingerprint density at radius 2 is 1.26 bits per heavy atom. The average molecular weight is 695 g/mol. The van der Waals surface area contributed by atoms with Crippen molar-refractivity contribution in [1.82, 2.24) is 21.3 Å². The van der Waals surface area contributed by atoms with Gasteiger partial charge < -0.3 is 49.3 Å². The summed E-state index contributed by atoms with van der Waals surface area (Å²) in [7, 11) is 0. The number of phenolic OH excluding ortho intramolecular Hbond substituents is 1. The van der Waals surface area contributed by atoms with Gasteiger partial charge in [-0.15, -0.1) is 0 Å². The first-order valence-electron chi connectivity index (χ1n) is 17.4. The Balaban J connectivity index is 2.05. The van der Waals surface area contributed by atoms with Gasteiger partial charge in [-0.1, -0.05) is 44.2 Å². The summed E-state index contributed by atoms with van der Waals surface area (Å²) in [4.78, 5) is 67.0. The Morgan fingerprint density at radius 1 is 0.740 bits per heavy atom. The van der Waals surface area contributed by atoms with Crippen molar-refractivity contribution >= 4 is 29.5 Å². The van der Waals surface area contributed by atoms with E-state index in [9.17, 15) is 29.1 Å². The summed E-state index contributed by atoms with van der Waals surface area (Å²) in [5, 5.41) is 21.7. The van der Waals surface area contributed by atoms with Gasteiger partial charge >= 0.3 is 0 Å². The first-order valence-corrected chi connectivity index (χ1v) is 17.4. The molecule has 0 aliphatic carbocycles. The maximum atomic E-state index is 13.8. The first kappa shape index (κ1) is 39.9. The fourth-order valence-electron chi connectivity index (χ4n) is 5.89. The largest absolute Gasteiger partial charge is 0.507 e. The second-order valence-electron chi connectivity index (χ2n) is 13.4. The van der Waals surface area contributed by atoms with E-state index in [1.54, 1.807) is 36.4 Å². The maximum absolute atomic E-state index is 13.8. The van der Waals surface area contributed by atoms with E-state index < -0.39 is 59.7 Å². The van der Waals surface area contributed by atoms with Crippen LogP contribution in [0.3, 0.4) is 0 Å². The van der Waals surface area contributed by atoms with Crippen LogP contribution in [0.2, 0.25) is 0 Å². The lowest BCUT2D eigenvalue weighted by Crippen LogP contribution is -2.59. The summed E-state index contributed by atoms with van der Waals surface area (Å²) < 4.78 is 0. The van der Waals surface area contributed by atoms with Crippen LogP contribution in [0, 0.1) is 5.92 Å². The van der Waals surface area contributed by atoms with Crippen LogP contribution in [0.1, 0.15) is 69.9 Å². The van der Waals surface area contributed by atoms with Crippen LogP contribution in [0.5, 0.6) is 5.75 Å². The van der Waals surface area contributed by atoms with Gasteiger partial charge in [-0.3, -0.25) is 24.0 Å². The maximum Gasteiger partial charge on any atom is 0.243 e. The number of hydrogen-bond donors (Lipinski definition) is 9. The minimum absolute atomic E-state index is 0.0178. The average Bonchev–Trinajstić information content (AvgIpc) is 3.07. The Hall–Kier alpha value is -4.53. The number of benzene rings is 2. The summed E-state index contributed by atoms with van der Waals surface area (Å²) in [6.07, 6.45) is 3.21. The van der Waals surface area contributed by atoms with E-state index >= 15 is 0 Å². The van der Waals surface area contributed by atoms with E-state index in [2.05, 4.69) is 21.3 Å². The molecule has 13 N–H and O–H groups in total. The van der Waals surface area contributed by atoms with E-state index in [0.717, 1.165) is 0 Å². The van der Waals surface area contributed by atoms with Gasteiger partial charge in [0.05, 0.1) is 6.04 Å². The van der Waals surface area contributed by atoms with Crippen LogP contribution in [0.25, 0.3) is 11.1 Å². The van der Waals surface area contributed by atoms with E-state index in [-0.39, 0.29) is 43.8 Å². The highest BCUT2D eigenvalue weighted by molar-refractivity contribution is 5.95. The van der Waals surface area contributed by atoms with Crippen molar-refractivity contribution in [1.29, 1.82) is 0 Å². The number of hydrogen-bond acceptors (Lipinski definition) is 9. The number of aromatic hydroxyl groups is 1. The lowest BCUT2D eigenvalue weighted by atomic mass is 9.96. The van der Waals surface area contributed by atoms with Crippen molar-refractivity contribution in [3.05, 3.63) is 53.6 Å². The minimum Gasteiger partial charge on any atom is -0.507 e. The Labute approximate surface area is 293 Å². The molecule has 4 bridgehead atoms. The highest BCUT2D eigenvalue weighted by Crippen LogP contribution is 2.31. The molecule has 0 saturated heterocycles. The molecule has 0 saturated carbocycles. The number of phenols is 1. The predicted octanol–water partition coefficient (Wildman–Crippen LogP) is 0.214. The fourth-order valence-corrected chi connectivity index (χ4v) is 5.89. The molecule has 0 radical (unpaired) electrons. The summed E-state index contributed by atoms with van der Waals surface area (Å²) in [5.41, 5.74) is 26.0. The van der Waals surface area contributed by atoms with E-state index in [1.165, 1.54) is 6.07 Å². The summed E-state index contributed by atoms with van der Waals surface area (Å²) in [5.74, 6) is -3.06. The van der Waals surface area contributed by atoms with E-state index in [1.807, 2.05) is 13.8 Å². The topological polar surface area (TPSA) is 258 Å². The zero-order valence-electron chi connectivity index (χ0n) is 29.1. The highest BCUT2D eigenvalue weighted by atomic mass is 16.3. The third-order valence-electron chi connectivity index (χ3n) is 8.72. The van der Waals surface area contributed by atoms with E-state index in [4.69, 9.17) is 22.9 Å². The number of unbranched alkanes of at least 4 members (excludes halogenated alkanes) is 2. The third-order valence-corrected chi connectivity index (χ3v) is 8.72. The standard InChI is InChI=1S/C36H54N8O6/c1-21(2)17-30-36(50)43-29(32(40)46)20-22-9-12-24(13-10-22)25-18-23(11-14-31(25)45)19-26(39)33(47)41-27(7-3-5-15-37)34(48)42-28(35(49)44-30)8-4-6-16-38/h9-14,18,21,26-30,45H,3-8,15-17,19-20,37-39H2,1-2H3,(H2,40,46)(H,41,47)(H,42,48)(H,43,50)(H,44,49)/t26-,27-,28-,29-,30-/m0/s1. The second-order valence-corrected chi connectivity index (χ2v) is 13.4.